The molecule has 1 aliphatic carbocycles. The summed E-state index contributed by atoms with van der Waals surface area (Å²) in [6.07, 6.45) is 7.20. The summed E-state index contributed by atoms with van der Waals surface area (Å²) in [7, 11) is 0. The Bertz CT molecular complexity index is 767. The Morgan fingerprint density at radius 1 is 1.21 bits per heavy atom. The third-order valence-corrected chi connectivity index (χ3v) is 6.36. The monoisotopic (exact) mass is 400 g/mol. The van der Waals surface area contributed by atoms with E-state index in [2.05, 4.69) is 27.8 Å². The van der Waals surface area contributed by atoms with Gasteiger partial charge in [-0.15, -0.1) is 5.10 Å². The highest BCUT2D eigenvalue weighted by Crippen LogP contribution is 2.26. The summed E-state index contributed by atoms with van der Waals surface area (Å²) in [5.74, 6) is 0.131. The summed E-state index contributed by atoms with van der Waals surface area (Å²) in [4.78, 5) is 24.4. The summed E-state index contributed by atoms with van der Waals surface area (Å²) >= 11 is 1.27. The Morgan fingerprint density at radius 3 is 2.61 bits per heavy atom. The van der Waals surface area contributed by atoms with Crippen LogP contribution >= 0.6 is 11.8 Å². The van der Waals surface area contributed by atoms with Gasteiger partial charge in [0.15, 0.2) is 5.17 Å². The lowest BCUT2D eigenvalue weighted by molar-refractivity contribution is -0.122. The number of hydrogen-bond donors (Lipinski definition) is 2. The van der Waals surface area contributed by atoms with E-state index >= 15 is 0 Å². The molecule has 2 amide bonds. The van der Waals surface area contributed by atoms with Crippen molar-refractivity contribution in [3.63, 3.8) is 0 Å². The number of nitrogens with zero attached hydrogens (tertiary/aromatic N) is 2. The number of aryl methyl sites for hydroxylation is 1. The van der Waals surface area contributed by atoms with Crippen molar-refractivity contribution in [2.24, 2.45) is 16.1 Å². The number of rotatable bonds is 6. The van der Waals surface area contributed by atoms with Gasteiger partial charge >= 0.3 is 0 Å². The van der Waals surface area contributed by atoms with Crippen molar-refractivity contribution < 1.29 is 9.59 Å². The van der Waals surface area contributed by atoms with Crippen LogP contribution in [0.15, 0.2) is 34.5 Å². The average Bonchev–Trinajstić information content (AvgIpc) is 3.06. The first-order valence-corrected chi connectivity index (χ1v) is 10.9. The predicted molar refractivity (Wildman–Crippen MR) is 116 cm³/mol. The van der Waals surface area contributed by atoms with Crippen LogP contribution in [0.4, 0.5) is 5.69 Å². The van der Waals surface area contributed by atoms with Crippen molar-refractivity contribution in [3.8, 4) is 0 Å². The quantitative estimate of drug-likeness (QED) is 0.556. The van der Waals surface area contributed by atoms with Gasteiger partial charge in [0.05, 0.1) is 0 Å². The molecule has 3 rings (SSSR count). The van der Waals surface area contributed by atoms with Gasteiger partial charge in [0.25, 0.3) is 0 Å². The first-order valence-electron chi connectivity index (χ1n) is 10.0. The number of amidine groups is 1. The van der Waals surface area contributed by atoms with Gasteiger partial charge < -0.3 is 10.6 Å². The van der Waals surface area contributed by atoms with E-state index in [-0.39, 0.29) is 18.2 Å². The Morgan fingerprint density at radius 2 is 1.93 bits per heavy atom. The van der Waals surface area contributed by atoms with Crippen LogP contribution in [0, 0.1) is 5.92 Å². The maximum atomic E-state index is 12.3. The third-order valence-electron chi connectivity index (χ3n) is 5.29. The molecule has 7 heteroatoms. The van der Waals surface area contributed by atoms with Crippen molar-refractivity contribution in [1.29, 1.82) is 0 Å². The van der Waals surface area contributed by atoms with Gasteiger partial charge in [-0.05, 0) is 49.8 Å². The van der Waals surface area contributed by atoms with Gasteiger partial charge in [-0.25, -0.2) is 0 Å². The number of amides is 2. The van der Waals surface area contributed by atoms with Crippen molar-refractivity contribution in [1.82, 2.24) is 5.32 Å². The van der Waals surface area contributed by atoms with E-state index < -0.39 is 5.25 Å². The normalized spacial score (nSPS) is 22.4. The molecule has 0 radical (unpaired) electrons. The standard InChI is InChI=1S/C21H28N4O2S/c1-3-15-9-11-17(12-10-15)22-19(26)13-18-20(27)23-21(28-18)25-24-14(2)16-7-5-4-6-8-16/h9-12,16,18H,3-8,13H2,1-2H3,(H,22,26)(H,23,25,27)/b24-14-/t18-/m0/s1. The molecule has 6 nitrogen and oxygen atoms in total. The summed E-state index contributed by atoms with van der Waals surface area (Å²) in [5, 5.41) is 14.1. The van der Waals surface area contributed by atoms with Gasteiger partial charge in [0.1, 0.15) is 5.25 Å². The minimum atomic E-state index is -0.473. The van der Waals surface area contributed by atoms with Gasteiger partial charge in [0, 0.05) is 17.8 Å². The maximum Gasteiger partial charge on any atom is 0.240 e. The highest BCUT2D eigenvalue weighted by Gasteiger charge is 2.32. The van der Waals surface area contributed by atoms with Crippen molar-refractivity contribution in [3.05, 3.63) is 29.8 Å². The molecule has 2 aliphatic rings. The molecule has 1 aliphatic heterocycles. The summed E-state index contributed by atoms with van der Waals surface area (Å²) in [6.45, 7) is 4.10. The lowest BCUT2D eigenvalue weighted by Gasteiger charge is -2.20. The molecule has 150 valence electrons. The molecule has 1 saturated carbocycles. The minimum absolute atomic E-state index is 0.108. The van der Waals surface area contributed by atoms with E-state index in [0.717, 1.165) is 17.8 Å². The Labute approximate surface area is 170 Å². The van der Waals surface area contributed by atoms with Crippen molar-refractivity contribution >= 4 is 40.1 Å². The molecule has 1 aromatic carbocycles. The number of nitrogens with one attached hydrogen (secondary N) is 2. The third kappa shape index (κ3) is 5.67. The van der Waals surface area contributed by atoms with E-state index in [9.17, 15) is 9.59 Å². The van der Waals surface area contributed by atoms with Crippen LogP contribution in [0.5, 0.6) is 0 Å². The highest BCUT2D eigenvalue weighted by molar-refractivity contribution is 8.15. The molecule has 1 atom stereocenters. The molecule has 0 bridgehead atoms. The van der Waals surface area contributed by atoms with Crippen LogP contribution in [-0.2, 0) is 16.0 Å². The predicted octanol–water partition coefficient (Wildman–Crippen LogP) is 4.12. The number of thioether (sulfide) groups is 1. The number of carbonyl (C=O) groups excluding carboxylic acids is 2. The van der Waals surface area contributed by atoms with E-state index in [1.807, 2.05) is 31.2 Å². The molecule has 1 saturated heterocycles. The first-order chi connectivity index (χ1) is 13.5. The van der Waals surface area contributed by atoms with Gasteiger partial charge in [-0.1, -0.05) is 50.1 Å². The van der Waals surface area contributed by atoms with Crippen LogP contribution in [0.1, 0.15) is 57.9 Å². The second-order valence-electron chi connectivity index (χ2n) is 7.38. The fourth-order valence-corrected chi connectivity index (χ4v) is 4.43. The van der Waals surface area contributed by atoms with Crippen LogP contribution in [-0.4, -0.2) is 27.9 Å². The number of carbonyl (C=O) groups is 2. The number of benzene rings is 1. The molecule has 0 aromatic heterocycles. The fraction of sp³-hybridized carbons (Fsp3) is 0.524. The van der Waals surface area contributed by atoms with Crippen LogP contribution < -0.4 is 10.6 Å². The minimum Gasteiger partial charge on any atom is -0.326 e. The fourth-order valence-electron chi connectivity index (χ4n) is 3.52. The molecule has 1 aromatic rings. The zero-order valence-corrected chi connectivity index (χ0v) is 17.3. The summed E-state index contributed by atoms with van der Waals surface area (Å²) < 4.78 is 0. The molecule has 28 heavy (non-hydrogen) atoms. The summed E-state index contributed by atoms with van der Waals surface area (Å²) in [5.41, 5.74) is 2.99. The Hall–Kier alpha value is -2.15. The molecular formula is C21H28N4O2S. The van der Waals surface area contributed by atoms with E-state index in [1.54, 1.807) is 0 Å². The van der Waals surface area contributed by atoms with Crippen LogP contribution in [0.3, 0.4) is 0 Å². The Kier molecular flexibility index (Phi) is 7.25. The SMILES string of the molecule is CCc1ccc(NC(=O)C[C@@H]2S/C(=N/N=C(/C)C3CCCCC3)NC2=O)cc1. The average molecular weight is 401 g/mol. The van der Waals surface area contributed by atoms with Crippen molar-refractivity contribution in [2.75, 3.05) is 5.32 Å². The molecule has 1 heterocycles. The maximum absolute atomic E-state index is 12.3. The first kappa shape index (κ1) is 20.6. The van der Waals surface area contributed by atoms with Crippen molar-refractivity contribution in [2.45, 2.75) is 64.0 Å². The van der Waals surface area contributed by atoms with Gasteiger partial charge in [-0.3, -0.25) is 9.59 Å². The molecule has 0 spiro atoms. The van der Waals surface area contributed by atoms with Gasteiger partial charge in [-0.2, -0.15) is 5.10 Å². The molecule has 0 unspecified atom stereocenters. The molecule has 2 N–H and O–H groups in total. The lowest BCUT2D eigenvalue weighted by Crippen LogP contribution is -2.28. The van der Waals surface area contributed by atoms with Gasteiger partial charge in [0.2, 0.25) is 11.8 Å². The highest BCUT2D eigenvalue weighted by atomic mass is 32.2. The zero-order chi connectivity index (χ0) is 19.9. The second-order valence-corrected chi connectivity index (χ2v) is 8.57. The van der Waals surface area contributed by atoms with E-state index in [0.29, 0.717) is 11.1 Å². The molecular weight excluding hydrogens is 372 g/mol. The largest absolute Gasteiger partial charge is 0.326 e. The number of hydrogen-bond acceptors (Lipinski definition) is 5. The molecule has 2 fully saturated rings. The van der Waals surface area contributed by atoms with E-state index in [1.165, 1.54) is 49.4 Å². The second kappa shape index (κ2) is 9.87. The summed E-state index contributed by atoms with van der Waals surface area (Å²) in [6, 6.07) is 7.75. The lowest BCUT2D eigenvalue weighted by atomic mass is 9.86. The van der Waals surface area contributed by atoms with Crippen LogP contribution in [0.2, 0.25) is 0 Å². The van der Waals surface area contributed by atoms with Crippen LogP contribution in [0.25, 0.3) is 0 Å². The topological polar surface area (TPSA) is 82.9 Å². The van der Waals surface area contributed by atoms with E-state index in [4.69, 9.17) is 0 Å². The zero-order valence-electron chi connectivity index (χ0n) is 16.5. The number of anilines is 1. The Balaban J connectivity index is 1.52. The smallest absolute Gasteiger partial charge is 0.240 e.